The van der Waals surface area contributed by atoms with Gasteiger partial charge in [-0.15, -0.1) is 0 Å². The molecular formula is C23H29N3O2. The van der Waals surface area contributed by atoms with E-state index in [0.29, 0.717) is 18.5 Å². The van der Waals surface area contributed by atoms with Gasteiger partial charge in [0.1, 0.15) is 5.41 Å². The van der Waals surface area contributed by atoms with Crippen molar-refractivity contribution in [1.29, 1.82) is 0 Å². The molecule has 28 heavy (non-hydrogen) atoms. The minimum absolute atomic E-state index is 0.217. The molecule has 2 aromatic rings. The highest BCUT2D eigenvalue weighted by atomic mass is 16.2. The first-order chi connectivity index (χ1) is 13.5. The zero-order valence-corrected chi connectivity index (χ0v) is 16.9. The molecule has 5 heteroatoms. The number of hydrogen-bond donors (Lipinski definition) is 2. The van der Waals surface area contributed by atoms with Crippen LogP contribution < -0.4 is 15.5 Å². The fourth-order valence-corrected chi connectivity index (χ4v) is 3.47. The van der Waals surface area contributed by atoms with Gasteiger partial charge in [-0.25, -0.2) is 0 Å². The van der Waals surface area contributed by atoms with Gasteiger partial charge in [0.25, 0.3) is 0 Å². The topological polar surface area (TPSA) is 61.4 Å². The van der Waals surface area contributed by atoms with Crippen LogP contribution in [-0.2, 0) is 16.0 Å². The van der Waals surface area contributed by atoms with Gasteiger partial charge in [0, 0.05) is 30.2 Å². The van der Waals surface area contributed by atoms with Crippen molar-refractivity contribution >= 4 is 28.9 Å². The highest BCUT2D eigenvalue weighted by Crippen LogP contribution is 2.47. The van der Waals surface area contributed by atoms with Gasteiger partial charge in [-0.05, 0) is 69.0 Å². The number of hydrogen-bond acceptors (Lipinski definition) is 3. The van der Waals surface area contributed by atoms with Gasteiger partial charge in [0.15, 0.2) is 0 Å². The van der Waals surface area contributed by atoms with E-state index in [9.17, 15) is 9.59 Å². The summed E-state index contributed by atoms with van der Waals surface area (Å²) in [6, 6.07) is 15.5. The van der Waals surface area contributed by atoms with Gasteiger partial charge in [-0.3, -0.25) is 9.59 Å². The van der Waals surface area contributed by atoms with E-state index in [0.717, 1.165) is 36.4 Å². The lowest BCUT2D eigenvalue weighted by Crippen LogP contribution is -2.35. The Hall–Kier alpha value is -2.82. The van der Waals surface area contributed by atoms with Gasteiger partial charge in [0.05, 0.1) is 0 Å². The number of anilines is 3. The summed E-state index contributed by atoms with van der Waals surface area (Å²) in [6.45, 7) is 8.15. The Balaban J connectivity index is 1.67. The van der Waals surface area contributed by atoms with Crippen molar-refractivity contribution in [3.05, 3.63) is 54.1 Å². The molecule has 0 radical (unpaired) electrons. The predicted octanol–water partition coefficient (Wildman–Crippen LogP) is 4.45. The lowest BCUT2D eigenvalue weighted by Gasteiger charge is -2.21. The number of rotatable bonds is 8. The molecule has 0 aliphatic heterocycles. The molecule has 2 amide bonds. The molecule has 0 atom stereocenters. The second-order valence-corrected chi connectivity index (χ2v) is 7.22. The van der Waals surface area contributed by atoms with Gasteiger partial charge >= 0.3 is 0 Å². The van der Waals surface area contributed by atoms with Crippen LogP contribution in [0.5, 0.6) is 0 Å². The summed E-state index contributed by atoms with van der Waals surface area (Å²) in [6.07, 6.45) is 1.99. The van der Waals surface area contributed by atoms with Crippen molar-refractivity contribution in [2.45, 2.75) is 40.0 Å². The average Bonchev–Trinajstić information content (AvgIpc) is 3.53. The van der Waals surface area contributed by atoms with Crippen molar-refractivity contribution in [2.75, 3.05) is 28.6 Å². The van der Waals surface area contributed by atoms with E-state index in [1.165, 1.54) is 0 Å². The van der Waals surface area contributed by atoms with Crippen LogP contribution in [0.15, 0.2) is 48.5 Å². The summed E-state index contributed by atoms with van der Waals surface area (Å²) in [5.74, 6) is -0.444. The second-order valence-electron chi connectivity index (χ2n) is 7.22. The van der Waals surface area contributed by atoms with E-state index < -0.39 is 5.41 Å². The molecule has 0 aromatic heterocycles. The van der Waals surface area contributed by atoms with Crippen molar-refractivity contribution in [2.24, 2.45) is 5.41 Å². The molecule has 0 unspecified atom stereocenters. The first-order valence-corrected chi connectivity index (χ1v) is 10.1. The summed E-state index contributed by atoms with van der Waals surface area (Å²) in [5.41, 5.74) is 2.74. The number of para-hydroxylation sites is 1. The first-order valence-electron chi connectivity index (χ1n) is 10.1. The largest absolute Gasteiger partial charge is 0.372 e. The maximum Gasteiger partial charge on any atom is 0.240 e. The summed E-state index contributed by atoms with van der Waals surface area (Å²) < 4.78 is 0. The molecule has 2 N–H and O–H groups in total. The molecule has 0 bridgehead atoms. The van der Waals surface area contributed by atoms with E-state index in [1.54, 1.807) is 0 Å². The molecule has 2 aromatic carbocycles. The Labute approximate surface area is 167 Å². The number of benzene rings is 2. The molecule has 1 aliphatic carbocycles. The third-order valence-electron chi connectivity index (χ3n) is 5.52. The lowest BCUT2D eigenvalue weighted by atomic mass is 10.0. The molecule has 0 saturated heterocycles. The van der Waals surface area contributed by atoms with Crippen LogP contribution in [0.4, 0.5) is 17.1 Å². The molecule has 1 saturated carbocycles. The van der Waals surface area contributed by atoms with Crippen LogP contribution in [0.25, 0.3) is 0 Å². The quantitative estimate of drug-likeness (QED) is 0.666. The molecule has 1 aliphatic rings. The highest BCUT2D eigenvalue weighted by Gasteiger charge is 2.56. The van der Waals surface area contributed by atoms with Crippen LogP contribution in [-0.4, -0.2) is 24.9 Å². The van der Waals surface area contributed by atoms with Gasteiger partial charge in [-0.2, -0.15) is 0 Å². The predicted molar refractivity (Wildman–Crippen MR) is 115 cm³/mol. The minimum Gasteiger partial charge on any atom is -0.372 e. The Morgan fingerprint density at radius 3 is 2.07 bits per heavy atom. The van der Waals surface area contributed by atoms with Crippen LogP contribution in [0, 0.1) is 5.41 Å². The summed E-state index contributed by atoms with van der Waals surface area (Å²) in [4.78, 5) is 27.9. The van der Waals surface area contributed by atoms with E-state index in [1.807, 2.05) is 55.5 Å². The molecule has 1 fully saturated rings. The number of nitrogens with zero attached hydrogens (tertiary/aromatic N) is 1. The standard InChI is InChI=1S/C23H29N3O2/c1-4-17-9-7-8-10-20(17)25-22(28)23(15-16-23)21(27)24-18-11-13-19(14-12-18)26(5-2)6-3/h7-14H,4-6,15-16H2,1-3H3,(H,24,27)(H,25,28). The van der Waals surface area contributed by atoms with Gasteiger partial charge in [-0.1, -0.05) is 25.1 Å². The molecule has 5 nitrogen and oxygen atoms in total. The van der Waals surface area contributed by atoms with Crippen LogP contribution in [0.3, 0.4) is 0 Å². The van der Waals surface area contributed by atoms with E-state index in [2.05, 4.69) is 29.4 Å². The van der Waals surface area contributed by atoms with E-state index in [-0.39, 0.29) is 11.8 Å². The van der Waals surface area contributed by atoms with Crippen LogP contribution in [0.2, 0.25) is 0 Å². The number of carbonyl (C=O) groups excluding carboxylic acids is 2. The number of aryl methyl sites for hydroxylation is 1. The summed E-state index contributed by atoms with van der Waals surface area (Å²) in [5, 5.41) is 5.89. The monoisotopic (exact) mass is 379 g/mol. The fraction of sp³-hybridized carbons (Fsp3) is 0.391. The highest BCUT2D eigenvalue weighted by molar-refractivity contribution is 6.17. The van der Waals surface area contributed by atoms with Crippen molar-refractivity contribution in [3.63, 3.8) is 0 Å². The SMILES string of the molecule is CCc1ccccc1NC(=O)C1(C(=O)Nc2ccc(N(CC)CC)cc2)CC1. The third-order valence-corrected chi connectivity index (χ3v) is 5.52. The fourth-order valence-electron chi connectivity index (χ4n) is 3.47. The Bertz CT molecular complexity index is 837. The zero-order valence-electron chi connectivity index (χ0n) is 16.9. The smallest absolute Gasteiger partial charge is 0.240 e. The van der Waals surface area contributed by atoms with Crippen molar-refractivity contribution in [3.8, 4) is 0 Å². The molecule has 148 valence electrons. The zero-order chi connectivity index (χ0) is 20.1. The minimum atomic E-state index is -0.960. The van der Waals surface area contributed by atoms with Crippen LogP contribution >= 0.6 is 0 Å². The Morgan fingerprint density at radius 1 is 0.893 bits per heavy atom. The van der Waals surface area contributed by atoms with Gasteiger partial charge in [0.2, 0.25) is 11.8 Å². The normalized spacial score (nSPS) is 14.2. The van der Waals surface area contributed by atoms with Gasteiger partial charge < -0.3 is 15.5 Å². The maximum absolute atomic E-state index is 12.8. The number of amides is 2. The number of carbonyl (C=O) groups is 2. The molecule has 0 heterocycles. The molecular weight excluding hydrogens is 350 g/mol. The first kappa shape index (κ1) is 19.9. The molecule has 0 spiro atoms. The average molecular weight is 380 g/mol. The third kappa shape index (κ3) is 4.03. The maximum atomic E-state index is 12.8. The van der Waals surface area contributed by atoms with Crippen LogP contribution in [0.1, 0.15) is 39.2 Å². The van der Waals surface area contributed by atoms with E-state index in [4.69, 9.17) is 0 Å². The Kier molecular flexibility index (Phi) is 6.02. The summed E-state index contributed by atoms with van der Waals surface area (Å²) >= 11 is 0. The summed E-state index contributed by atoms with van der Waals surface area (Å²) in [7, 11) is 0. The molecule has 3 rings (SSSR count). The second kappa shape index (κ2) is 8.46. The number of nitrogens with one attached hydrogen (secondary N) is 2. The lowest BCUT2D eigenvalue weighted by molar-refractivity contribution is -0.131. The van der Waals surface area contributed by atoms with Crippen molar-refractivity contribution in [1.82, 2.24) is 0 Å². The Morgan fingerprint density at radius 2 is 1.50 bits per heavy atom. The van der Waals surface area contributed by atoms with Crippen molar-refractivity contribution < 1.29 is 9.59 Å². The van der Waals surface area contributed by atoms with E-state index >= 15 is 0 Å².